The van der Waals surface area contributed by atoms with Crippen molar-refractivity contribution in [3.8, 4) is 0 Å². The summed E-state index contributed by atoms with van der Waals surface area (Å²) in [5, 5.41) is 0. The van der Waals surface area contributed by atoms with E-state index >= 15 is 0 Å². The Morgan fingerprint density at radius 2 is 0.848 bits per heavy atom. The lowest BCUT2D eigenvalue weighted by Gasteiger charge is -2.08. The van der Waals surface area contributed by atoms with E-state index in [-0.39, 0.29) is 6.61 Å². The zero-order valence-corrected chi connectivity index (χ0v) is 20.8. The number of ether oxygens (including phenoxy) is 8. The molecule has 196 valence electrons. The Morgan fingerprint density at radius 3 is 1.18 bits per heavy atom. The average molecular weight is 479 g/mol. The lowest BCUT2D eigenvalue weighted by Crippen LogP contribution is -2.15. The van der Waals surface area contributed by atoms with Gasteiger partial charge in [0.15, 0.2) is 0 Å². The van der Waals surface area contributed by atoms with Crippen LogP contribution in [0.2, 0.25) is 0 Å². The van der Waals surface area contributed by atoms with Gasteiger partial charge in [0.25, 0.3) is 0 Å². The van der Waals surface area contributed by atoms with Crippen LogP contribution in [0, 0.1) is 0 Å². The summed E-state index contributed by atoms with van der Waals surface area (Å²) in [6.07, 6.45) is 4.89. The molecule has 0 saturated heterocycles. The highest BCUT2D eigenvalue weighted by molar-refractivity contribution is 5.86. The summed E-state index contributed by atoms with van der Waals surface area (Å²) < 4.78 is 42.8. The van der Waals surface area contributed by atoms with E-state index in [1.54, 1.807) is 6.92 Å². The van der Waals surface area contributed by atoms with Crippen LogP contribution in [-0.2, 0) is 42.7 Å². The number of hydrogen-bond acceptors (Lipinski definition) is 9. The van der Waals surface area contributed by atoms with E-state index in [1.807, 2.05) is 0 Å². The fourth-order valence-corrected chi connectivity index (χ4v) is 2.37. The summed E-state index contributed by atoms with van der Waals surface area (Å²) in [6.45, 7) is 15.0. The van der Waals surface area contributed by atoms with Crippen molar-refractivity contribution in [2.45, 2.75) is 39.5 Å². The number of esters is 1. The molecule has 0 atom stereocenters. The Balaban J connectivity index is 3.05. The zero-order chi connectivity index (χ0) is 24.2. The van der Waals surface area contributed by atoms with Crippen LogP contribution in [0.15, 0.2) is 12.2 Å². The van der Waals surface area contributed by atoms with E-state index < -0.39 is 5.97 Å². The smallest absolute Gasteiger partial charge is 0.333 e. The van der Waals surface area contributed by atoms with Crippen molar-refractivity contribution >= 4 is 5.97 Å². The van der Waals surface area contributed by atoms with Crippen molar-refractivity contribution in [2.24, 2.45) is 0 Å². The first-order valence-corrected chi connectivity index (χ1v) is 12.0. The van der Waals surface area contributed by atoms with Gasteiger partial charge >= 0.3 is 5.97 Å². The molecular weight excluding hydrogens is 432 g/mol. The van der Waals surface area contributed by atoms with Crippen molar-refractivity contribution in [2.75, 3.05) is 99.1 Å². The number of unbranched alkanes of at least 4 members (excludes halogenated alkanes) is 3. The van der Waals surface area contributed by atoms with Crippen LogP contribution >= 0.6 is 0 Å². The van der Waals surface area contributed by atoms with Crippen molar-refractivity contribution in [3.05, 3.63) is 12.2 Å². The van der Waals surface area contributed by atoms with Gasteiger partial charge in [-0.05, 0) is 13.3 Å². The van der Waals surface area contributed by atoms with Gasteiger partial charge in [-0.1, -0.05) is 32.8 Å². The molecule has 0 amide bonds. The summed E-state index contributed by atoms with van der Waals surface area (Å²) in [4.78, 5) is 11.1. The first kappa shape index (κ1) is 31.9. The second kappa shape index (κ2) is 27.2. The predicted molar refractivity (Wildman–Crippen MR) is 126 cm³/mol. The van der Waals surface area contributed by atoms with Crippen LogP contribution in [0.1, 0.15) is 39.5 Å². The molecule has 0 bridgehead atoms. The second-order valence-electron chi connectivity index (χ2n) is 7.26. The van der Waals surface area contributed by atoms with Gasteiger partial charge in [0.2, 0.25) is 0 Å². The number of carbonyl (C=O) groups excluding carboxylic acids is 1. The zero-order valence-electron chi connectivity index (χ0n) is 20.8. The Kier molecular flexibility index (Phi) is 26.3. The second-order valence-corrected chi connectivity index (χ2v) is 7.26. The molecule has 0 N–H and O–H groups in total. The van der Waals surface area contributed by atoms with Gasteiger partial charge in [0.05, 0.1) is 85.9 Å². The molecule has 0 fully saturated rings. The molecule has 9 nitrogen and oxygen atoms in total. The maximum atomic E-state index is 11.1. The SMILES string of the molecule is C=C(C)C(=O)OCCOCCOCCOCCOCCOCCOCCOCCCCCC. The molecule has 0 radical (unpaired) electrons. The van der Waals surface area contributed by atoms with Gasteiger partial charge in [-0.25, -0.2) is 4.79 Å². The van der Waals surface area contributed by atoms with E-state index in [1.165, 1.54) is 19.3 Å². The van der Waals surface area contributed by atoms with E-state index in [9.17, 15) is 4.79 Å². The van der Waals surface area contributed by atoms with E-state index in [0.717, 1.165) is 13.0 Å². The standard InChI is InChI=1S/C24H46O9/c1-4-5-6-7-8-26-9-10-27-11-12-28-13-14-29-15-16-30-17-18-31-19-20-32-21-22-33-24(25)23(2)3/h2,4-22H2,1,3H3. The van der Waals surface area contributed by atoms with E-state index in [2.05, 4.69) is 13.5 Å². The highest BCUT2D eigenvalue weighted by atomic mass is 16.6. The summed E-state index contributed by atoms with van der Waals surface area (Å²) in [6, 6.07) is 0. The number of carbonyl (C=O) groups is 1. The van der Waals surface area contributed by atoms with Crippen LogP contribution in [-0.4, -0.2) is 105 Å². The fourth-order valence-electron chi connectivity index (χ4n) is 2.37. The van der Waals surface area contributed by atoms with Gasteiger partial charge in [0, 0.05) is 12.2 Å². The Morgan fingerprint density at radius 1 is 0.515 bits per heavy atom. The van der Waals surface area contributed by atoms with Crippen molar-refractivity contribution in [3.63, 3.8) is 0 Å². The minimum atomic E-state index is -0.404. The van der Waals surface area contributed by atoms with Crippen molar-refractivity contribution < 1.29 is 42.7 Å². The normalized spacial score (nSPS) is 11.1. The molecule has 0 unspecified atom stereocenters. The lowest BCUT2D eigenvalue weighted by molar-refractivity contribution is -0.140. The molecule has 0 aliphatic rings. The van der Waals surface area contributed by atoms with Gasteiger partial charge in [-0.2, -0.15) is 0 Å². The predicted octanol–water partition coefficient (Wildman–Crippen LogP) is 2.80. The first-order valence-electron chi connectivity index (χ1n) is 12.0. The number of hydrogen-bond donors (Lipinski definition) is 0. The summed E-state index contributed by atoms with van der Waals surface area (Å²) >= 11 is 0. The molecule has 0 saturated carbocycles. The maximum absolute atomic E-state index is 11.1. The minimum absolute atomic E-state index is 0.211. The molecule has 0 aliphatic carbocycles. The number of rotatable bonds is 27. The molecule has 0 aromatic carbocycles. The minimum Gasteiger partial charge on any atom is -0.460 e. The lowest BCUT2D eigenvalue weighted by atomic mass is 10.2. The monoisotopic (exact) mass is 478 g/mol. The van der Waals surface area contributed by atoms with E-state index in [4.69, 9.17) is 37.9 Å². The molecule has 0 aliphatic heterocycles. The van der Waals surface area contributed by atoms with Gasteiger partial charge in [-0.3, -0.25) is 0 Å². The van der Waals surface area contributed by atoms with Crippen molar-refractivity contribution in [1.82, 2.24) is 0 Å². The Bertz CT molecular complexity index is 432. The van der Waals surface area contributed by atoms with Crippen LogP contribution in [0.5, 0.6) is 0 Å². The molecule has 0 rings (SSSR count). The molecule has 0 heterocycles. The van der Waals surface area contributed by atoms with Gasteiger partial charge in [0.1, 0.15) is 6.61 Å². The largest absolute Gasteiger partial charge is 0.460 e. The summed E-state index contributed by atoms with van der Waals surface area (Å²) in [5.41, 5.74) is 0.378. The topological polar surface area (TPSA) is 90.9 Å². The quantitative estimate of drug-likeness (QED) is 0.100. The maximum Gasteiger partial charge on any atom is 0.333 e. The third-order valence-electron chi connectivity index (χ3n) is 4.18. The Labute approximate surface area is 200 Å². The van der Waals surface area contributed by atoms with Crippen LogP contribution in [0.25, 0.3) is 0 Å². The fraction of sp³-hybridized carbons (Fsp3) is 0.875. The van der Waals surface area contributed by atoms with Gasteiger partial charge in [-0.15, -0.1) is 0 Å². The summed E-state index contributed by atoms with van der Waals surface area (Å²) in [7, 11) is 0. The van der Waals surface area contributed by atoms with Crippen LogP contribution in [0.4, 0.5) is 0 Å². The first-order chi connectivity index (χ1) is 16.2. The molecule has 0 spiro atoms. The third kappa shape index (κ3) is 27.1. The van der Waals surface area contributed by atoms with Crippen LogP contribution < -0.4 is 0 Å². The average Bonchev–Trinajstić information content (AvgIpc) is 2.81. The highest BCUT2D eigenvalue weighted by Gasteiger charge is 2.01. The molecule has 33 heavy (non-hydrogen) atoms. The molecule has 9 heteroatoms. The highest BCUT2D eigenvalue weighted by Crippen LogP contribution is 1.98. The van der Waals surface area contributed by atoms with Crippen molar-refractivity contribution in [1.29, 1.82) is 0 Å². The molecule has 0 aromatic rings. The van der Waals surface area contributed by atoms with Gasteiger partial charge < -0.3 is 37.9 Å². The van der Waals surface area contributed by atoms with E-state index in [0.29, 0.717) is 91.5 Å². The van der Waals surface area contributed by atoms with Crippen LogP contribution in [0.3, 0.4) is 0 Å². The molecular formula is C24H46O9. The third-order valence-corrected chi connectivity index (χ3v) is 4.18. The molecule has 0 aromatic heterocycles. The Hall–Kier alpha value is -1.07. The summed E-state index contributed by atoms with van der Waals surface area (Å²) in [5.74, 6) is -0.404.